The van der Waals surface area contributed by atoms with E-state index in [2.05, 4.69) is 9.47 Å². The van der Waals surface area contributed by atoms with Gasteiger partial charge in [-0.1, -0.05) is 6.92 Å². The molecule has 0 aromatic carbocycles. The van der Waals surface area contributed by atoms with Crippen LogP contribution in [0, 0.1) is 0 Å². The molecule has 2 radical (unpaired) electrons. The summed E-state index contributed by atoms with van der Waals surface area (Å²) in [7, 11) is 7.51. The summed E-state index contributed by atoms with van der Waals surface area (Å²) in [6, 6.07) is -0.974. The normalized spacial score (nSPS) is 43.9. The smallest absolute Gasteiger partial charge is 0.189 e. The number of hydrogen-bond acceptors (Lipinski definition) is 5. The van der Waals surface area contributed by atoms with Crippen molar-refractivity contribution in [3.63, 3.8) is 0 Å². The van der Waals surface area contributed by atoms with E-state index in [0.717, 1.165) is 0 Å². The highest BCUT2D eigenvalue weighted by Gasteiger charge is 2.46. The number of hydrogen-bond donors (Lipinski definition) is 2. The third-order valence-electron chi connectivity index (χ3n) is 2.30. The second-order valence-electron chi connectivity index (χ2n) is 3.19. The summed E-state index contributed by atoms with van der Waals surface area (Å²) in [5.74, 6) is 0. The zero-order valence-corrected chi connectivity index (χ0v) is 9.07. The van der Waals surface area contributed by atoms with Gasteiger partial charge in [-0.15, -0.1) is 0 Å². The van der Waals surface area contributed by atoms with E-state index in [1.807, 2.05) is 0 Å². The van der Waals surface area contributed by atoms with E-state index in [1.54, 1.807) is 6.92 Å². The monoisotopic (exact) mass is 220 g/mol. The van der Waals surface area contributed by atoms with E-state index in [9.17, 15) is 5.11 Å². The topological polar surface area (TPSA) is 68.2 Å². The molecular formula is C7H14BO5P. The van der Waals surface area contributed by atoms with Gasteiger partial charge >= 0.3 is 0 Å². The van der Waals surface area contributed by atoms with Gasteiger partial charge in [-0.05, 0) is 6.42 Å². The molecule has 0 aliphatic carbocycles. The summed E-state index contributed by atoms with van der Waals surface area (Å²) in [4.78, 5) is 0. The summed E-state index contributed by atoms with van der Waals surface area (Å²) in [6.07, 6.45) is -2.10. The van der Waals surface area contributed by atoms with Crippen molar-refractivity contribution in [2.75, 3.05) is 6.61 Å². The van der Waals surface area contributed by atoms with Gasteiger partial charge in [0.1, 0.15) is 13.4 Å². The first-order valence-electron chi connectivity index (χ1n) is 4.32. The molecule has 1 fully saturated rings. The highest BCUT2D eigenvalue weighted by Crippen LogP contribution is 2.30. The van der Waals surface area contributed by atoms with E-state index in [1.165, 1.54) is 0 Å². The molecule has 0 spiro atoms. The molecule has 2 N–H and O–H groups in total. The molecule has 7 heteroatoms. The number of aliphatic hydroxyl groups excluding tert-OH is 2. The van der Waals surface area contributed by atoms with Crippen molar-refractivity contribution in [3.05, 3.63) is 0 Å². The Kier molecular flexibility index (Phi) is 4.31. The fraction of sp³-hybridized carbons (Fsp3) is 1.00. The Labute approximate surface area is 86.4 Å². The molecule has 1 rings (SSSR count). The SMILES string of the molecule is [B][C@@H]1O[C@](CC)(COP)C(O)OC1O. The van der Waals surface area contributed by atoms with Crippen molar-refractivity contribution < 1.29 is 24.2 Å². The summed E-state index contributed by atoms with van der Waals surface area (Å²) < 4.78 is 15.0. The Balaban J connectivity index is 2.74. The summed E-state index contributed by atoms with van der Waals surface area (Å²) in [5, 5.41) is 18.8. The first-order chi connectivity index (χ1) is 6.55. The van der Waals surface area contributed by atoms with Gasteiger partial charge in [-0.25, -0.2) is 0 Å². The van der Waals surface area contributed by atoms with Gasteiger partial charge in [0.2, 0.25) is 0 Å². The van der Waals surface area contributed by atoms with Gasteiger partial charge in [-0.3, -0.25) is 0 Å². The lowest BCUT2D eigenvalue weighted by atomic mass is 9.92. The van der Waals surface area contributed by atoms with Gasteiger partial charge < -0.3 is 24.2 Å². The highest BCUT2D eigenvalue weighted by molar-refractivity contribution is 7.09. The predicted octanol–water partition coefficient (Wildman–Crippen LogP) is -0.880. The minimum atomic E-state index is -1.31. The van der Waals surface area contributed by atoms with Gasteiger partial charge in [0.25, 0.3) is 0 Å². The van der Waals surface area contributed by atoms with Crippen LogP contribution in [0.1, 0.15) is 13.3 Å². The molecule has 5 nitrogen and oxygen atoms in total. The van der Waals surface area contributed by atoms with Crippen molar-refractivity contribution in [3.8, 4) is 0 Å². The van der Waals surface area contributed by atoms with Crippen LogP contribution in [0.3, 0.4) is 0 Å². The summed E-state index contributed by atoms with van der Waals surface area (Å²) >= 11 is 0. The average Bonchev–Trinajstić information content (AvgIpc) is 2.14. The van der Waals surface area contributed by atoms with E-state index in [4.69, 9.17) is 27.0 Å². The van der Waals surface area contributed by atoms with Crippen molar-refractivity contribution >= 4 is 17.3 Å². The maximum atomic E-state index is 9.59. The molecule has 1 aliphatic rings. The first-order valence-corrected chi connectivity index (χ1v) is 4.79. The lowest BCUT2D eigenvalue weighted by Crippen LogP contribution is -2.59. The van der Waals surface area contributed by atoms with Crippen LogP contribution in [0.25, 0.3) is 0 Å². The van der Waals surface area contributed by atoms with Crippen LogP contribution >= 0.6 is 9.47 Å². The van der Waals surface area contributed by atoms with E-state index < -0.39 is 24.2 Å². The summed E-state index contributed by atoms with van der Waals surface area (Å²) in [6.45, 7) is 1.93. The number of rotatable bonds is 3. The quantitative estimate of drug-likeness (QED) is 0.477. The molecule has 0 aromatic heterocycles. The van der Waals surface area contributed by atoms with Crippen molar-refractivity contribution in [1.29, 1.82) is 0 Å². The molecule has 0 aromatic rings. The van der Waals surface area contributed by atoms with Crippen LogP contribution in [-0.4, -0.2) is 48.9 Å². The molecule has 1 saturated heterocycles. The van der Waals surface area contributed by atoms with E-state index in [0.29, 0.717) is 6.42 Å². The maximum Gasteiger partial charge on any atom is 0.189 e. The molecule has 5 atom stereocenters. The third-order valence-corrected chi connectivity index (χ3v) is 2.46. The van der Waals surface area contributed by atoms with Gasteiger partial charge in [-0.2, -0.15) is 0 Å². The van der Waals surface area contributed by atoms with Crippen LogP contribution in [0.2, 0.25) is 0 Å². The second-order valence-corrected chi connectivity index (χ2v) is 3.52. The van der Waals surface area contributed by atoms with E-state index >= 15 is 0 Å². The Morgan fingerprint density at radius 3 is 2.71 bits per heavy atom. The lowest BCUT2D eigenvalue weighted by Gasteiger charge is -2.44. The van der Waals surface area contributed by atoms with Crippen LogP contribution in [0.4, 0.5) is 0 Å². The fourth-order valence-electron chi connectivity index (χ4n) is 1.33. The minimum Gasteiger partial charge on any atom is -0.369 e. The maximum absolute atomic E-state index is 9.59. The minimum absolute atomic E-state index is 0.121. The molecule has 0 amide bonds. The highest BCUT2D eigenvalue weighted by atomic mass is 31.0. The molecular weight excluding hydrogens is 206 g/mol. The average molecular weight is 220 g/mol. The van der Waals surface area contributed by atoms with Gasteiger partial charge in [0.05, 0.1) is 12.6 Å². The van der Waals surface area contributed by atoms with Gasteiger partial charge in [0.15, 0.2) is 12.6 Å². The molecule has 0 bridgehead atoms. The van der Waals surface area contributed by atoms with Crippen molar-refractivity contribution in [2.45, 2.75) is 37.5 Å². The Hall–Kier alpha value is 0.295. The molecule has 80 valence electrons. The number of aliphatic hydroxyl groups is 2. The number of ether oxygens (including phenoxy) is 2. The predicted molar refractivity (Wildman–Crippen MR) is 52.4 cm³/mol. The lowest BCUT2D eigenvalue weighted by molar-refractivity contribution is -0.358. The van der Waals surface area contributed by atoms with Gasteiger partial charge in [0, 0.05) is 9.47 Å². The standard InChI is InChI=1S/C7H14BO5P/c1-2-7(3-11-14)6(10)12-5(9)4(8)13-7/h4-6,9-10H,2-3,14H2,1H3/t4-,5?,6?,7-/m1/s1. The molecule has 1 aliphatic heterocycles. The Morgan fingerprint density at radius 1 is 1.57 bits per heavy atom. The molecule has 0 saturated carbocycles. The fourth-order valence-corrected chi connectivity index (χ4v) is 1.61. The van der Waals surface area contributed by atoms with Crippen molar-refractivity contribution in [2.24, 2.45) is 0 Å². The third kappa shape index (κ3) is 2.27. The van der Waals surface area contributed by atoms with Crippen molar-refractivity contribution in [1.82, 2.24) is 0 Å². The van der Waals surface area contributed by atoms with Crippen LogP contribution in [-0.2, 0) is 14.0 Å². The Bertz CT molecular complexity index is 195. The molecule has 1 heterocycles. The summed E-state index contributed by atoms with van der Waals surface area (Å²) in [5.41, 5.74) is -1.01. The molecule has 3 unspecified atom stereocenters. The van der Waals surface area contributed by atoms with Crippen LogP contribution in [0.15, 0.2) is 0 Å². The van der Waals surface area contributed by atoms with E-state index in [-0.39, 0.29) is 6.61 Å². The molecule has 14 heavy (non-hydrogen) atoms. The van der Waals surface area contributed by atoms with Crippen LogP contribution in [0.5, 0.6) is 0 Å². The Morgan fingerprint density at radius 2 is 2.21 bits per heavy atom. The first kappa shape index (κ1) is 12.4. The largest absolute Gasteiger partial charge is 0.369 e. The second kappa shape index (κ2) is 4.88. The zero-order valence-electron chi connectivity index (χ0n) is 7.92. The van der Waals surface area contributed by atoms with Crippen LogP contribution < -0.4 is 0 Å². The zero-order chi connectivity index (χ0) is 10.8.